The van der Waals surface area contributed by atoms with E-state index in [1.165, 1.54) is 0 Å². The predicted molar refractivity (Wildman–Crippen MR) is 117 cm³/mol. The summed E-state index contributed by atoms with van der Waals surface area (Å²) in [5.41, 5.74) is 0. The number of ether oxygens (including phenoxy) is 1. The molecule has 0 aromatic carbocycles. The van der Waals surface area contributed by atoms with Gasteiger partial charge in [0.15, 0.2) is 6.17 Å². The number of alkyl halides is 8. The number of hydrogen-bond donors (Lipinski definition) is 0. The molecule has 0 spiro atoms. The van der Waals surface area contributed by atoms with Crippen LogP contribution in [0.15, 0.2) is 0 Å². The number of halogens is 8. The molecule has 4 rings (SSSR count). The van der Waals surface area contributed by atoms with Gasteiger partial charge in [-0.2, -0.15) is 8.78 Å². The summed E-state index contributed by atoms with van der Waals surface area (Å²) < 4.78 is 104. The normalized spacial score (nSPS) is 49.1. The van der Waals surface area contributed by atoms with Crippen LogP contribution >= 0.6 is 11.6 Å². The van der Waals surface area contributed by atoms with E-state index in [0.717, 1.165) is 51.4 Å². The van der Waals surface area contributed by atoms with Crippen LogP contribution in [0.2, 0.25) is 0 Å². The van der Waals surface area contributed by atoms with Crippen molar-refractivity contribution in [2.45, 2.75) is 125 Å². The Labute approximate surface area is 202 Å². The van der Waals surface area contributed by atoms with Gasteiger partial charge in [0.25, 0.3) is 0 Å². The van der Waals surface area contributed by atoms with Crippen LogP contribution in [0.4, 0.5) is 30.7 Å². The van der Waals surface area contributed by atoms with Gasteiger partial charge in [0, 0.05) is 18.2 Å². The molecule has 0 radical (unpaired) electrons. The van der Waals surface area contributed by atoms with E-state index in [0.29, 0.717) is 11.8 Å². The fraction of sp³-hybridized carbons (Fsp3) is 1.00. The molecular formula is C25H36ClF7O. The molecule has 0 amide bonds. The van der Waals surface area contributed by atoms with Crippen LogP contribution < -0.4 is 0 Å². The van der Waals surface area contributed by atoms with Crippen molar-refractivity contribution in [2.24, 2.45) is 29.6 Å². The Hall–Kier alpha value is -0.240. The Kier molecular flexibility index (Phi) is 8.69. The van der Waals surface area contributed by atoms with E-state index in [4.69, 9.17) is 11.6 Å². The summed E-state index contributed by atoms with van der Waals surface area (Å²) in [5.74, 6) is -1.23. The first-order valence-corrected chi connectivity index (χ1v) is 13.4. The summed E-state index contributed by atoms with van der Waals surface area (Å²) in [5, 5.41) is 0.267. The van der Waals surface area contributed by atoms with Crippen molar-refractivity contribution in [1.82, 2.24) is 0 Å². The van der Waals surface area contributed by atoms with Gasteiger partial charge >= 0.3 is 6.11 Å². The second-order valence-corrected chi connectivity index (χ2v) is 11.8. The Morgan fingerprint density at radius 3 is 1.44 bits per heavy atom. The maximum Gasteiger partial charge on any atom is 0.364 e. The first-order valence-electron chi connectivity index (χ1n) is 12.9. The van der Waals surface area contributed by atoms with Crippen molar-refractivity contribution < 1.29 is 35.5 Å². The van der Waals surface area contributed by atoms with E-state index >= 15 is 0 Å². The summed E-state index contributed by atoms with van der Waals surface area (Å²) in [4.78, 5) is 0. The van der Waals surface area contributed by atoms with E-state index in [1.54, 1.807) is 0 Å². The van der Waals surface area contributed by atoms with E-state index < -0.39 is 61.8 Å². The molecule has 0 aromatic rings. The lowest BCUT2D eigenvalue weighted by Crippen LogP contribution is -2.52. The second-order valence-electron chi connectivity index (χ2n) is 11.2. The van der Waals surface area contributed by atoms with Crippen LogP contribution in [0.1, 0.15) is 77.0 Å². The topological polar surface area (TPSA) is 9.23 Å². The summed E-state index contributed by atoms with van der Waals surface area (Å²) in [6.45, 7) is 0. The van der Waals surface area contributed by atoms with E-state index in [9.17, 15) is 30.7 Å². The SMILES string of the molecule is FC1CC(OC(F)(F)C2C(F)CC(C3CCC(C4CCC(Cl)CC4)CC3)CC2F)CC(F)C1F. The molecule has 4 saturated carbocycles. The average molecular weight is 521 g/mol. The van der Waals surface area contributed by atoms with Crippen LogP contribution in [0, 0.1) is 29.6 Å². The minimum atomic E-state index is -4.21. The van der Waals surface area contributed by atoms with Crippen molar-refractivity contribution in [3.8, 4) is 0 Å². The Morgan fingerprint density at radius 2 is 0.971 bits per heavy atom. The zero-order valence-corrected chi connectivity index (χ0v) is 20.1. The van der Waals surface area contributed by atoms with Crippen LogP contribution in [0.3, 0.4) is 0 Å². The van der Waals surface area contributed by atoms with Crippen molar-refractivity contribution in [2.75, 3.05) is 0 Å². The first-order chi connectivity index (χ1) is 16.0. The zero-order chi connectivity index (χ0) is 24.6. The third kappa shape index (κ3) is 6.00. The third-order valence-corrected chi connectivity index (χ3v) is 9.50. The highest BCUT2D eigenvalue weighted by molar-refractivity contribution is 6.20. The van der Waals surface area contributed by atoms with Gasteiger partial charge in [-0.25, -0.2) is 22.0 Å². The lowest BCUT2D eigenvalue weighted by Gasteiger charge is -2.44. The van der Waals surface area contributed by atoms with Gasteiger partial charge in [-0.15, -0.1) is 11.6 Å². The molecule has 9 heteroatoms. The molecule has 198 valence electrons. The van der Waals surface area contributed by atoms with E-state index in [2.05, 4.69) is 4.74 Å². The standard InChI is InChI=1S/C25H36ClF7O/c26-17-7-5-14(6-8-17)13-1-3-15(4-2-13)16-9-19(27)23(20(28)10-16)25(32,33)34-18-11-21(29)24(31)22(30)12-18/h13-24H,1-12H2. The van der Waals surface area contributed by atoms with Crippen LogP contribution in [0.5, 0.6) is 0 Å². The highest BCUT2D eigenvalue weighted by Gasteiger charge is 2.57. The van der Waals surface area contributed by atoms with Gasteiger partial charge in [-0.05, 0) is 87.9 Å². The Balaban J connectivity index is 1.29. The van der Waals surface area contributed by atoms with Crippen LogP contribution in [-0.4, -0.2) is 48.4 Å². The fourth-order valence-electron chi connectivity index (χ4n) is 7.12. The van der Waals surface area contributed by atoms with Gasteiger partial charge in [-0.1, -0.05) is 0 Å². The van der Waals surface area contributed by atoms with Gasteiger partial charge in [0.2, 0.25) is 0 Å². The third-order valence-electron chi connectivity index (χ3n) is 9.07. The molecule has 0 N–H and O–H groups in total. The molecule has 4 aliphatic carbocycles. The van der Waals surface area contributed by atoms with Crippen LogP contribution in [-0.2, 0) is 4.74 Å². The molecule has 0 heterocycles. The fourth-order valence-corrected chi connectivity index (χ4v) is 7.37. The molecule has 0 aliphatic heterocycles. The number of rotatable bonds is 5. The predicted octanol–water partition coefficient (Wildman–Crippen LogP) is 8.08. The highest BCUT2D eigenvalue weighted by Crippen LogP contribution is 2.50. The molecular weight excluding hydrogens is 485 g/mol. The van der Waals surface area contributed by atoms with Crippen molar-refractivity contribution in [3.05, 3.63) is 0 Å². The van der Waals surface area contributed by atoms with E-state index in [1.807, 2.05) is 0 Å². The smallest absolute Gasteiger partial charge is 0.317 e. The molecule has 0 aromatic heterocycles. The molecule has 1 nitrogen and oxygen atoms in total. The molecule has 4 aliphatic rings. The van der Waals surface area contributed by atoms with Gasteiger partial charge in [0.1, 0.15) is 30.6 Å². The quantitative estimate of drug-likeness (QED) is 0.263. The minimum absolute atomic E-state index is 0.118. The van der Waals surface area contributed by atoms with E-state index in [-0.39, 0.29) is 30.1 Å². The first kappa shape index (κ1) is 26.8. The number of hydrogen-bond acceptors (Lipinski definition) is 1. The lowest BCUT2D eigenvalue weighted by atomic mass is 9.65. The summed E-state index contributed by atoms with van der Waals surface area (Å²) >= 11 is 6.21. The van der Waals surface area contributed by atoms with Crippen LogP contribution in [0.25, 0.3) is 0 Å². The molecule has 4 unspecified atom stereocenters. The van der Waals surface area contributed by atoms with Gasteiger partial charge in [-0.3, -0.25) is 0 Å². The molecule has 34 heavy (non-hydrogen) atoms. The second kappa shape index (κ2) is 11.0. The maximum atomic E-state index is 15.0. The Bertz CT molecular complexity index is 629. The Morgan fingerprint density at radius 1 is 0.559 bits per heavy atom. The molecule has 0 bridgehead atoms. The van der Waals surface area contributed by atoms with Crippen molar-refractivity contribution in [3.63, 3.8) is 0 Å². The lowest BCUT2D eigenvalue weighted by molar-refractivity contribution is -0.323. The minimum Gasteiger partial charge on any atom is -0.317 e. The summed E-state index contributed by atoms with van der Waals surface area (Å²) in [7, 11) is 0. The van der Waals surface area contributed by atoms with Crippen molar-refractivity contribution in [1.29, 1.82) is 0 Å². The molecule has 4 atom stereocenters. The summed E-state index contributed by atoms with van der Waals surface area (Å²) in [6.07, 6.45) is -10.8. The van der Waals surface area contributed by atoms with Crippen molar-refractivity contribution >= 4 is 11.6 Å². The average Bonchev–Trinajstić information content (AvgIpc) is 2.77. The molecule has 4 fully saturated rings. The summed E-state index contributed by atoms with van der Waals surface area (Å²) in [6, 6.07) is 0. The molecule has 0 saturated heterocycles. The highest BCUT2D eigenvalue weighted by atomic mass is 35.5. The largest absolute Gasteiger partial charge is 0.364 e. The zero-order valence-electron chi connectivity index (χ0n) is 19.3. The van der Waals surface area contributed by atoms with Gasteiger partial charge < -0.3 is 4.74 Å². The monoisotopic (exact) mass is 520 g/mol. The van der Waals surface area contributed by atoms with Gasteiger partial charge in [0.05, 0.1) is 6.10 Å². The maximum absolute atomic E-state index is 15.0.